The number of carbonyl (C=O) groups excluding carboxylic acids is 4. The number of amides is 4. The highest BCUT2D eigenvalue weighted by Crippen LogP contribution is 2.50. The number of alkyl carbamates (subject to hydrolysis) is 2. The third-order valence-corrected chi connectivity index (χ3v) is 16.6. The molecule has 7 unspecified atom stereocenters. The Kier molecular flexibility index (Phi) is 13.0. The summed E-state index contributed by atoms with van der Waals surface area (Å²) in [4.78, 5) is 75.5. The summed E-state index contributed by atoms with van der Waals surface area (Å²) in [5, 5.41) is 6.45. The molecule has 8 heterocycles. The number of fused-ring (bicyclic) bond motifs is 5. The highest BCUT2D eigenvalue weighted by atomic mass is 32.1. The molecule has 1 saturated carbocycles. The van der Waals surface area contributed by atoms with Crippen molar-refractivity contribution in [1.82, 2.24) is 44.9 Å². The first-order chi connectivity index (χ1) is 35.3. The van der Waals surface area contributed by atoms with E-state index in [4.69, 9.17) is 28.9 Å². The van der Waals surface area contributed by atoms with Crippen LogP contribution in [0.5, 0.6) is 5.75 Å². The largest absolute Gasteiger partial charge is 0.464 e. The van der Waals surface area contributed by atoms with Gasteiger partial charge in [-0.3, -0.25) is 14.2 Å². The van der Waals surface area contributed by atoms with Crippen LogP contribution in [0.15, 0.2) is 60.9 Å². The van der Waals surface area contributed by atoms with Crippen LogP contribution >= 0.6 is 11.3 Å². The number of nitrogens with one attached hydrogen (secondary N) is 4. The number of H-pyrrole nitrogens is 2. The lowest BCUT2D eigenvalue weighted by molar-refractivity contribution is -0.138. The number of hydrogen-bond acceptors (Lipinski definition) is 11. The van der Waals surface area contributed by atoms with E-state index in [0.29, 0.717) is 84.6 Å². The third kappa shape index (κ3) is 9.23. The summed E-state index contributed by atoms with van der Waals surface area (Å²) < 4.78 is 41.8. The van der Waals surface area contributed by atoms with Crippen molar-refractivity contribution in [3.8, 4) is 39.5 Å². The molecule has 4 N–H and O–H groups in total. The highest BCUT2D eigenvalue weighted by Gasteiger charge is 2.43. The third-order valence-electron chi connectivity index (χ3n) is 15.3. The molecule has 0 bridgehead atoms. The number of carbonyl (C=O) groups is 4. The van der Waals surface area contributed by atoms with Crippen molar-refractivity contribution < 1.29 is 42.5 Å². The lowest BCUT2D eigenvalue weighted by Crippen LogP contribution is -2.54. The molecule has 1 aliphatic carbocycles. The fourth-order valence-corrected chi connectivity index (χ4v) is 12.9. The molecule has 0 spiro atoms. The lowest BCUT2D eigenvalue weighted by Gasteiger charge is -2.38. The van der Waals surface area contributed by atoms with Crippen LogP contribution in [0.4, 0.5) is 14.0 Å². The molecule has 11 rings (SSSR count). The number of nitrogens with zero attached hydrogens (tertiary/aromatic N) is 5. The van der Waals surface area contributed by atoms with E-state index in [-0.39, 0.29) is 47.9 Å². The Morgan fingerprint density at radius 3 is 2.05 bits per heavy atom. The van der Waals surface area contributed by atoms with Gasteiger partial charge >= 0.3 is 12.2 Å². The fourth-order valence-electron chi connectivity index (χ4n) is 11.7. The molecule has 4 amide bonds. The molecule has 0 radical (unpaired) electrons. The molecule has 17 nitrogen and oxygen atoms in total. The second kappa shape index (κ2) is 19.6. The molecular weight excluding hydrogens is 954 g/mol. The predicted molar refractivity (Wildman–Crippen MR) is 271 cm³/mol. The molecule has 2 aromatic carbocycles. The topological polar surface area (TPSA) is 198 Å². The minimum absolute atomic E-state index is 0.0493. The van der Waals surface area contributed by atoms with Crippen LogP contribution in [0.25, 0.3) is 44.7 Å². The van der Waals surface area contributed by atoms with Crippen molar-refractivity contribution in [2.75, 3.05) is 27.3 Å². The molecule has 384 valence electrons. The molecule has 3 saturated heterocycles. The summed E-state index contributed by atoms with van der Waals surface area (Å²) >= 11 is 1.73. The number of imidazole rings is 2. The van der Waals surface area contributed by atoms with Crippen LogP contribution in [0.2, 0.25) is 0 Å². The summed E-state index contributed by atoms with van der Waals surface area (Å²) in [5.41, 5.74) is 4.69. The number of halogens is 1. The number of benzene rings is 2. The quantitative estimate of drug-likeness (QED) is 0.0916. The Morgan fingerprint density at radius 1 is 0.781 bits per heavy atom. The van der Waals surface area contributed by atoms with Gasteiger partial charge in [-0.25, -0.2) is 23.9 Å². The van der Waals surface area contributed by atoms with E-state index in [9.17, 15) is 19.2 Å². The van der Waals surface area contributed by atoms with Gasteiger partial charge in [0.15, 0.2) is 0 Å². The van der Waals surface area contributed by atoms with Gasteiger partial charge in [-0.15, -0.1) is 11.3 Å². The molecule has 19 heteroatoms. The first kappa shape index (κ1) is 48.5. The van der Waals surface area contributed by atoms with E-state index in [1.54, 1.807) is 28.6 Å². The number of likely N-dealkylation sites (tertiary alicyclic amines) is 2. The van der Waals surface area contributed by atoms with Crippen molar-refractivity contribution in [3.63, 3.8) is 0 Å². The maximum Gasteiger partial charge on any atom is 0.407 e. The highest BCUT2D eigenvalue weighted by molar-refractivity contribution is 7.12. The monoisotopic (exact) mass is 1020 g/mol. The molecule has 7 atom stereocenters. The van der Waals surface area contributed by atoms with Crippen molar-refractivity contribution in [2.45, 2.75) is 128 Å². The van der Waals surface area contributed by atoms with Gasteiger partial charge in [-0.1, -0.05) is 19.9 Å². The van der Waals surface area contributed by atoms with E-state index < -0.39 is 36.3 Å². The van der Waals surface area contributed by atoms with Gasteiger partial charge in [0, 0.05) is 34.5 Å². The van der Waals surface area contributed by atoms with Crippen LogP contribution in [-0.4, -0.2) is 110 Å². The lowest BCUT2D eigenvalue weighted by atomic mass is 9.85. The van der Waals surface area contributed by atoms with Crippen molar-refractivity contribution in [3.05, 3.63) is 88.1 Å². The minimum Gasteiger partial charge on any atom is -0.464 e. The summed E-state index contributed by atoms with van der Waals surface area (Å²) in [6, 6.07) is 13.6. The Balaban J connectivity index is 0.893. The molecule has 4 aromatic heterocycles. The zero-order valence-electron chi connectivity index (χ0n) is 41.9. The van der Waals surface area contributed by atoms with Gasteiger partial charge in [0.05, 0.1) is 83.9 Å². The maximum atomic E-state index is 17.0. The van der Waals surface area contributed by atoms with Crippen LogP contribution in [0.1, 0.15) is 125 Å². The number of aromatic amines is 2. The van der Waals surface area contributed by atoms with Crippen molar-refractivity contribution in [1.29, 1.82) is 0 Å². The smallest absolute Gasteiger partial charge is 0.407 e. The number of thiophene rings is 1. The van der Waals surface area contributed by atoms with Gasteiger partial charge in [-0.2, -0.15) is 0 Å². The molecule has 73 heavy (non-hydrogen) atoms. The second-order valence-corrected chi connectivity index (χ2v) is 21.8. The predicted octanol–water partition coefficient (Wildman–Crippen LogP) is 9.74. The Hall–Kier alpha value is -6.73. The summed E-state index contributed by atoms with van der Waals surface area (Å²) in [5.74, 6) is 1.08. The molecular formula is C54H62FN9O8S. The molecule has 5 aliphatic rings. The normalized spacial score (nSPS) is 23.5. The zero-order valence-corrected chi connectivity index (χ0v) is 42.7. The van der Waals surface area contributed by atoms with E-state index in [1.807, 2.05) is 56.9 Å². The van der Waals surface area contributed by atoms with Crippen LogP contribution < -0.4 is 15.4 Å². The number of rotatable bonds is 12. The first-order valence-electron chi connectivity index (χ1n) is 25.6. The number of ether oxygens (including phenoxy) is 4. The summed E-state index contributed by atoms with van der Waals surface area (Å²) in [6.07, 6.45) is 8.02. The molecule has 4 fully saturated rings. The van der Waals surface area contributed by atoms with E-state index >= 15 is 4.39 Å². The standard InChI is InChI=1S/C54H62FN9O8S/c1-27(2)46(60-53(67)69-5)50(65)62-17-7-9-39(62)49-57-26-37(59-49)32-22-35(55)45-41-23-33-21-31(13-14-38(33)64(41)52(72-42(45)24-32)44-16-15-43(73-44)30-11-12-30)36-25-56-48(58-36)40-10-8-18-63(40)51(66)47(61-54(68)70-6)34-19-28(3)71-29(4)20-34/h13-16,21-30,34,39-40,46-47,52H,7-12,17-20H2,1-6H3,(H,56,58)(H,57,59)(H,60,67)(H,61,68). The average molecular weight is 1020 g/mol. The van der Waals surface area contributed by atoms with Gasteiger partial charge in [0.1, 0.15) is 35.3 Å². The average Bonchev–Trinajstić information content (AvgIpc) is 4.10. The first-order valence-corrected chi connectivity index (χ1v) is 26.4. The van der Waals surface area contributed by atoms with Crippen molar-refractivity contribution >= 4 is 46.2 Å². The van der Waals surface area contributed by atoms with Gasteiger partial charge in [-0.05, 0) is 125 Å². The van der Waals surface area contributed by atoms with Crippen LogP contribution in [0, 0.1) is 17.7 Å². The van der Waals surface area contributed by atoms with Gasteiger partial charge in [0.25, 0.3) is 0 Å². The molecule has 4 aliphatic heterocycles. The number of methoxy groups -OCH3 is 2. The minimum atomic E-state index is -0.771. The Morgan fingerprint density at radius 2 is 1.41 bits per heavy atom. The van der Waals surface area contributed by atoms with Crippen LogP contribution in [-0.2, 0) is 23.8 Å². The van der Waals surface area contributed by atoms with E-state index in [1.165, 1.54) is 25.2 Å². The second-order valence-electron chi connectivity index (χ2n) is 20.7. The number of hydrogen-bond donors (Lipinski definition) is 4. The summed E-state index contributed by atoms with van der Waals surface area (Å²) in [6.45, 7) is 8.78. The van der Waals surface area contributed by atoms with Crippen LogP contribution in [0.3, 0.4) is 0 Å². The zero-order chi connectivity index (χ0) is 50.8. The Bertz CT molecular complexity index is 3080. The van der Waals surface area contributed by atoms with Gasteiger partial charge < -0.3 is 49.3 Å². The van der Waals surface area contributed by atoms with E-state index in [2.05, 4.69) is 43.4 Å². The Labute approximate surface area is 426 Å². The van der Waals surface area contributed by atoms with Crippen molar-refractivity contribution in [2.24, 2.45) is 11.8 Å². The number of aromatic nitrogens is 5. The fraction of sp³-hybridized carbons (Fsp3) is 0.481. The summed E-state index contributed by atoms with van der Waals surface area (Å²) in [7, 11) is 2.57. The SMILES string of the molecule is COC(=O)NC(C(=O)N1CCCC1c1ncc(-c2cc(F)c3c(c2)OC(c2ccc(C4CC4)s2)n2c-3cc3cc(-c4cnc(C5CCCN5C(=O)C(NC(=O)OC)C5CC(C)OC(C)C5)[nH]4)ccc32)[nH]1)C(C)C. The maximum absolute atomic E-state index is 17.0. The van der Waals surface area contributed by atoms with E-state index in [0.717, 1.165) is 52.7 Å². The molecule has 6 aromatic rings. The van der Waals surface area contributed by atoms with Gasteiger partial charge in [0.2, 0.25) is 18.0 Å².